The Bertz CT molecular complexity index is 396. The van der Waals surface area contributed by atoms with Crippen LogP contribution in [0.25, 0.3) is 0 Å². The summed E-state index contributed by atoms with van der Waals surface area (Å²) >= 11 is 5.51. The van der Waals surface area contributed by atoms with E-state index in [0.717, 1.165) is 8.04 Å². The highest BCUT2D eigenvalue weighted by molar-refractivity contribution is 14.1. The van der Waals surface area contributed by atoms with Gasteiger partial charge in [-0.2, -0.15) is 0 Å². The zero-order valence-electron chi connectivity index (χ0n) is 9.50. The summed E-state index contributed by atoms with van der Waals surface area (Å²) in [5.41, 5.74) is 0.600. The first kappa shape index (κ1) is 14.9. The van der Waals surface area contributed by atoms with E-state index in [-0.39, 0.29) is 5.91 Å². The highest BCUT2D eigenvalue weighted by Gasteiger charge is 2.12. The van der Waals surface area contributed by atoms with Gasteiger partial charge in [0.15, 0.2) is 6.29 Å². The summed E-state index contributed by atoms with van der Waals surface area (Å²) in [6.07, 6.45) is -0.430. The third kappa shape index (κ3) is 4.53. The smallest absolute Gasteiger partial charge is 0.252 e. The fraction of sp³-hybridized carbons (Fsp3) is 0.364. The number of hydrogen-bond donors (Lipinski definition) is 1. The van der Waals surface area contributed by atoms with Crippen molar-refractivity contribution in [1.82, 2.24) is 5.32 Å². The number of ether oxygens (including phenoxy) is 2. The van der Waals surface area contributed by atoms with Crippen molar-refractivity contribution >= 4 is 44.4 Å². The van der Waals surface area contributed by atoms with E-state index in [4.69, 9.17) is 9.47 Å². The normalized spacial score (nSPS) is 10.6. The Morgan fingerprint density at radius 2 is 2.12 bits per heavy atom. The monoisotopic (exact) mass is 413 g/mol. The lowest BCUT2D eigenvalue weighted by Gasteiger charge is -2.14. The molecule has 0 heterocycles. The van der Waals surface area contributed by atoms with Crippen molar-refractivity contribution in [2.75, 3.05) is 20.8 Å². The van der Waals surface area contributed by atoms with Gasteiger partial charge in [0.2, 0.25) is 0 Å². The highest BCUT2D eigenvalue weighted by atomic mass is 127. The highest BCUT2D eigenvalue weighted by Crippen LogP contribution is 2.19. The molecule has 0 aliphatic rings. The summed E-state index contributed by atoms with van der Waals surface area (Å²) in [7, 11) is 3.06. The largest absolute Gasteiger partial charge is 0.354 e. The van der Waals surface area contributed by atoms with Crippen molar-refractivity contribution in [2.24, 2.45) is 0 Å². The van der Waals surface area contributed by atoms with Gasteiger partial charge in [0.25, 0.3) is 5.91 Å². The van der Waals surface area contributed by atoms with Gasteiger partial charge < -0.3 is 14.8 Å². The molecule has 0 unspecified atom stereocenters. The summed E-state index contributed by atoms with van der Waals surface area (Å²) in [4.78, 5) is 11.9. The van der Waals surface area contributed by atoms with Crippen molar-refractivity contribution in [3.8, 4) is 0 Å². The summed E-state index contributed by atoms with van der Waals surface area (Å²) in [6.45, 7) is 0.309. The molecule has 1 rings (SSSR count). The first-order chi connectivity index (χ1) is 8.08. The molecule has 0 bridgehead atoms. The van der Waals surface area contributed by atoms with Crippen molar-refractivity contribution in [3.63, 3.8) is 0 Å². The third-order valence-corrected chi connectivity index (χ3v) is 3.49. The van der Waals surface area contributed by atoms with E-state index in [1.807, 2.05) is 18.2 Å². The molecule has 0 saturated heterocycles. The fourth-order valence-corrected chi connectivity index (χ4v) is 2.12. The molecule has 0 saturated carbocycles. The van der Waals surface area contributed by atoms with Gasteiger partial charge in [-0.15, -0.1) is 0 Å². The summed E-state index contributed by atoms with van der Waals surface area (Å²) in [5.74, 6) is -0.158. The van der Waals surface area contributed by atoms with Gasteiger partial charge in [-0.1, -0.05) is 0 Å². The molecule has 0 spiro atoms. The van der Waals surface area contributed by atoms with Crippen molar-refractivity contribution in [1.29, 1.82) is 0 Å². The van der Waals surface area contributed by atoms with Crippen LogP contribution in [0.3, 0.4) is 0 Å². The van der Waals surface area contributed by atoms with Crippen molar-refractivity contribution in [3.05, 3.63) is 31.8 Å². The molecule has 0 atom stereocenters. The zero-order chi connectivity index (χ0) is 12.8. The molecule has 1 amide bonds. The van der Waals surface area contributed by atoms with E-state index >= 15 is 0 Å². The molecule has 1 aromatic rings. The van der Waals surface area contributed by atoms with Crippen LogP contribution < -0.4 is 5.32 Å². The minimum absolute atomic E-state index is 0.158. The molecule has 1 N–H and O–H groups in total. The Morgan fingerprint density at radius 1 is 1.47 bits per heavy atom. The molecule has 17 heavy (non-hydrogen) atoms. The Kier molecular flexibility index (Phi) is 6.39. The molecular weight excluding hydrogens is 401 g/mol. The van der Waals surface area contributed by atoms with E-state index in [0.29, 0.717) is 12.1 Å². The van der Waals surface area contributed by atoms with Gasteiger partial charge in [-0.3, -0.25) is 4.79 Å². The van der Waals surface area contributed by atoms with E-state index in [2.05, 4.69) is 43.8 Å². The maximum atomic E-state index is 11.9. The minimum atomic E-state index is -0.430. The Balaban J connectivity index is 2.66. The number of amides is 1. The first-order valence-corrected chi connectivity index (χ1v) is 6.74. The van der Waals surface area contributed by atoms with Crippen LogP contribution >= 0.6 is 38.5 Å². The number of rotatable bonds is 5. The molecular formula is C11H13BrINO3. The average molecular weight is 414 g/mol. The number of methoxy groups -OCH3 is 2. The molecule has 4 nitrogen and oxygen atoms in total. The van der Waals surface area contributed by atoms with Crippen LogP contribution in [0.15, 0.2) is 22.7 Å². The lowest BCUT2D eigenvalue weighted by molar-refractivity contribution is -0.0974. The van der Waals surface area contributed by atoms with Gasteiger partial charge in [-0.25, -0.2) is 0 Å². The summed E-state index contributed by atoms with van der Waals surface area (Å²) in [6, 6.07) is 5.59. The molecule has 0 radical (unpaired) electrons. The van der Waals surface area contributed by atoms with Gasteiger partial charge in [0, 0.05) is 22.3 Å². The molecule has 0 aliphatic carbocycles. The van der Waals surface area contributed by atoms with Crippen molar-refractivity contribution < 1.29 is 14.3 Å². The number of hydrogen-bond acceptors (Lipinski definition) is 3. The third-order valence-electron chi connectivity index (χ3n) is 2.13. The second kappa shape index (κ2) is 7.30. The Labute approximate surface area is 122 Å². The van der Waals surface area contributed by atoms with Crippen LogP contribution in [-0.4, -0.2) is 33.0 Å². The number of carbonyl (C=O) groups is 1. The van der Waals surface area contributed by atoms with E-state index < -0.39 is 6.29 Å². The Hall–Kier alpha value is -0.180. The first-order valence-electron chi connectivity index (χ1n) is 4.87. The van der Waals surface area contributed by atoms with Crippen molar-refractivity contribution in [2.45, 2.75) is 6.29 Å². The van der Waals surface area contributed by atoms with Crippen LogP contribution in [0.5, 0.6) is 0 Å². The zero-order valence-corrected chi connectivity index (χ0v) is 13.2. The SMILES string of the molecule is COC(CNC(=O)c1cc(I)ccc1Br)OC. The lowest BCUT2D eigenvalue weighted by Crippen LogP contribution is -2.34. The number of nitrogens with one attached hydrogen (secondary N) is 1. The van der Waals surface area contributed by atoms with E-state index in [1.165, 1.54) is 14.2 Å². The van der Waals surface area contributed by atoms with Gasteiger partial charge in [0.05, 0.1) is 12.1 Å². The standard InChI is InChI=1S/C11H13BrINO3/c1-16-10(17-2)6-14-11(15)8-5-7(13)3-4-9(8)12/h3-5,10H,6H2,1-2H3,(H,14,15). The van der Waals surface area contributed by atoms with Crippen LogP contribution in [0.4, 0.5) is 0 Å². The maximum absolute atomic E-state index is 11.9. The number of carbonyl (C=O) groups excluding carboxylic acids is 1. The number of benzene rings is 1. The fourth-order valence-electron chi connectivity index (χ4n) is 1.21. The second-order valence-electron chi connectivity index (χ2n) is 3.24. The maximum Gasteiger partial charge on any atom is 0.252 e. The number of halogens is 2. The second-order valence-corrected chi connectivity index (χ2v) is 5.34. The van der Waals surface area contributed by atoms with Crippen LogP contribution in [0.1, 0.15) is 10.4 Å². The quantitative estimate of drug-likeness (QED) is 0.595. The van der Waals surface area contributed by atoms with Crippen LogP contribution in [-0.2, 0) is 9.47 Å². The molecule has 0 aromatic heterocycles. The molecule has 94 valence electrons. The topological polar surface area (TPSA) is 47.6 Å². The molecule has 6 heteroatoms. The summed E-state index contributed by atoms with van der Waals surface area (Å²) in [5, 5.41) is 2.75. The lowest BCUT2D eigenvalue weighted by atomic mass is 10.2. The minimum Gasteiger partial charge on any atom is -0.354 e. The van der Waals surface area contributed by atoms with E-state index in [9.17, 15) is 4.79 Å². The average Bonchev–Trinajstić information content (AvgIpc) is 2.33. The molecule has 0 fully saturated rings. The van der Waals surface area contributed by atoms with Gasteiger partial charge in [0.1, 0.15) is 0 Å². The van der Waals surface area contributed by atoms with Crippen LogP contribution in [0, 0.1) is 3.57 Å². The van der Waals surface area contributed by atoms with Gasteiger partial charge in [-0.05, 0) is 56.7 Å². The molecule has 1 aromatic carbocycles. The summed E-state index contributed by atoms with van der Waals surface area (Å²) < 4.78 is 11.8. The predicted molar refractivity (Wildman–Crippen MR) is 77.0 cm³/mol. The Morgan fingerprint density at radius 3 is 2.71 bits per heavy atom. The predicted octanol–water partition coefficient (Wildman–Crippen LogP) is 2.40. The van der Waals surface area contributed by atoms with E-state index in [1.54, 1.807) is 0 Å². The molecule has 0 aliphatic heterocycles. The van der Waals surface area contributed by atoms with Crippen LogP contribution in [0.2, 0.25) is 0 Å². The van der Waals surface area contributed by atoms with Gasteiger partial charge >= 0.3 is 0 Å².